The van der Waals surface area contributed by atoms with E-state index in [1.807, 2.05) is 31.2 Å². The average molecular weight is 473 g/mol. The van der Waals surface area contributed by atoms with E-state index >= 15 is 0 Å². The van der Waals surface area contributed by atoms with Gasteiger partial charge in [-0.15, -0.1) is 11.8 Å². The zero-order valence-electron chi connectivity index (χ0n) is 19.8. The maximum atomic E-state index is 11.4. The predicted molar refractivity (Wildman–Crippen MR) is 131 cm³/mol. The van der Waals surface area contributed by atoms with Crippen LogP contribution in [-0.2, 0) is 20.8 Å². The molecule has 180 valence electrons. The van der Waals surface area contributed by atoms with Crippen LogP contribution in [0.3, 0.4) is 0 Å². The summed E-state index contributed by atoms with van der Waals surface area (Å²) in [6, 6.07) is 16.2. The van der Waals surface area contributed by atoms with Crippen molar-refractivity contribution in [3.63, 3.8) is 0 Å². The van der Waals surface area contributed by atoms with Crippen molar-refractivity contribution in [1.29, 1.82) is 0 Å². The largest absolute Gasteiger partial charge is 0.497 e. The van der Waals surface area contributed by atoms with Crippen molar-refractivity contribution in [2.45, 2.75) is 93.4 Å². The Morgan fingerprint density at radius 1 is 1.00 bits per heavy atom. The van der Waals surface area contributed by atoms with Crippen molar-refractivity contribution in [2.24, 2.45) is 0 Å². The molecule has 1 heterocycles. The van der Waals surface area contributed by atoms with Gasteiger partial charge in [0.05, 0.1) is 37.3 Å². The zero-order valence-corrected chi connectivity index (χ0v) is 20.6. The minimum absolute atomic E-state index is 0.195. The van der Waals surface area contributed by atoms with Gasteiger partial charge in [0.2, 0.25) is 0 Å². The molecule has 5 nitrogen and oxygen atoms in total. The molecule has 1 aliphatic carbocycles. The first-order chi connectivity index (χ1) is 16.0. The van der Waals surface area contributed by atoms with Gasteiger partial charge in [-0.05, 0) is 56.5 Å². The number of aliphatic hydroxyl groups is 1. The van der Waals surface area contributed by atoms with E-state index in [9.17, 15) is 5.11 Å². The van der Waals surface area contributed by atoms with E-state index in [0.29, 0.717) is 6.61 Å². The van der Waals surface area contributed by atoms with Crippen molar-refractivity contribution >= 4 is 11.8 Å². The maximum Gasteiger partial charge on any atom is 0.173 e. The van der Waals surface area contributed by atoms with Gasteiger partial charge in [-0.25, -0.2) is 0 Å². The summed E-state index contributed by atoms with van der Waals surface area (Å²) in [6.45, 7) is 4.44. The molecular weight excluding hydrogens is 436 g/mol. The highest BCUT2D eigenvalue weighted by Gasteiger charge is 2.46. The van der Waals surface area contributed by atoms with Crippen LogP contribution in [0.1, 0.15) is 50.2 Å². The molecule has 1 aliphatic heterocycles. The Labute approximate surface area is 201 Å². The number of ether oxygens (including phenoxy) is 4. The van der Waals surface area contributed by atoms with Gasteiger partial charge in [0.15, 0.2) is 6.29 Å². The molecule has 2 fully saturated rings. The highest BCUT2D eigenvalue weighted by atomic mass is 32.2. The predicted octanol–water partition coefficient (Wildman–Crippen LogP) is 5.50. The number of methoxy groups -OCH3 is 1. The summed E-state index contributed by atoms with van der Waals surface area (Å²) in [6.07, 6.45) is 4.07. The van der Waals surface area contributed by atoms with E-state index in [2.05, 4.69) is 31.2 Å². The van der Waals surface area contributed by atoms with E-state index in [-0.39, 0.29) is 17.5 Å². The van der Waals surface area contributed by atoms with Crippen LogP contribution < -0.4 is 4.74 Å². The van der Waals surface area contributed by atoms with Gasteiger partial charge in [-0.2, -0.15) is 0 Å². The van der Waals surface area contributed by atoms with Crippen molar-refractivity contribution in [3.8, 4) is 5.75 Å². The highest BCUT2D eigenvalue weighted by molar-refractivity contribution is 8.00. The number of thioether (sulfide) groups is 1. The van der Waals surface area contributed by atoms with Crippen LogP contribution in [0, 0.1) is 6.92 Å². The average Bonchev–Trinajstić information content (AvgIpc) is 2.83. The molecule has 0 spiro atoms. The van der Waals surface area contributed by atoms with Crippen molar-refractivity contribution < 1.29 is 24.1 Å². The second-order valence-electron chi connectivity index (χ2n) is 9.12. The van der Waals surface area contributed by atoms with Crippen LogP contribution in [0.25, 0.3) is 0 Å². The Hall–Kier alpha value is -1.57. The summed E-state index contributed by atoms with van der Waals surface area (Å²) < 4.78 is 24.2. The van der Waals surface area contributed by atoms with Crippen LogP contribution in [-0.4, -0.2) is 48.2 Å². The van der Waals surface area contributed by atoms with Crippen LogP contribution in [0.4, 0.5) is 0 Å². The quantitative estimate of drug-likeness (QED) is 0.547. The molecule has 0 radical (unpaired) electrons. The van der Waals surface area contributed by atoms with Crippen molar-refractivity contribution in [3.05, 3.63) is 59.7 Å². The highest BCUT2D eigenvalue weighted by Crippen LogP contribution is 2.38. The number of benzene rings is 2. The third kappa shape index (κ3) is 6.52. The molecule has 1 saturated carbocycles. The smallest absolute Gasteiger partial charge is 0.173 e. The lowest BCUT2D eigenvalue weighted by atomic mass is 9.97. The first-order valence-electron chi connectivity index (χ1n) is 12.0. The third-order valence-electron chi connectivity index (χ3n) is 6.53. The molecule has 0 unspecified atom stereocenters. The van der Waals surface area contributed by atoms with E-state index in [1.54, 1.807) is 18.9 Å². The summed E-state index contributed by atoms with van der Waals surface area (Å²) in [5.74, 6) is 0.811. The minimum atomic E-state index is -0.716. The van der Waals surface area contributed by atoms with Crippen LogP contribution in [0.15, 0.2) is 53.4 Å². The van der Waals surface area contributed by atoms with Gasteiger partial charge < -0.3 is 24.1 Å². The van der Waals surface area contributed by atoms with Crippen LogP contribution >= 0.6 is 11.8 Å². The molecule has 1 N–H and O–H groups in total. The molecule has 6 heteroatoms. The van der Waals surface area contributed by atoms with Crippen LogP contribution in [0.5, 0.6) is 5.75 Å². The Morgan fingerprint density at radius 3 is 2.36 bits per heavy atom. The molecule has 0 bridgehead atoms. The fourth-order valence-electron chi connectivity index (χ4n) is 4.54. The number of aryl methyl sites for hydroxylation is 1. The molecule has 33 heavy (non-hydrogen) atoms. The van der Waals surface area contributed by atoms with Gasteiger partial charge >= 0.3 is 0 Å². The van der Waals surface area contributed by atoms with Gasteiger partial charge in [-0.3, -0.25) is 0 Å². The Bertz CT molecular complexity index is 850. The van der Waals surface area contributed by atoms with E-state index in [0.717, 1.165) is 29.1 Å². The van der Waals surface area contributed by atoms with Gasteiger partial charge in [0.1, 0.15) is 11.9 Å². The standard InChI is InChI=1S/C27H36O5S/c1-18-9-15-23(16-10-18)33-26-24(28)25(30-17-20-11-13-21(29-3)14-12-20)19(2)31-27(26)32-22-7-5-4-6-8-22/h9-16,19,22,24-28H,4-8,17H2,1-3H3/t19-,24-,25+,26+,27-/m0/s1. The third-order valence-corrected chi connectivity index (χ3v) is 7.84. The van der Waals surface area contributed by atoms with E-state index in [1.165, 1.54) is 24.8 Å². The second-order valence-corrected chi connectivity index (χ2v) is 10.4. The van der Waals surface area contributed by atoms with Gasteiger partial charge in [-0.1, -0.05) is 49.1 Å². The number of hydrogen-bond donors (Lipinski definition) is 1. The molecule has 1 saturated heterocycles. The van der Waals surface area contributed by atoms with E-state index < -0.39 is 18.5 Å². The van der Waals surface area contributed by atoms with Gasteiger partial charge in [0.25, 0.3) is 0 Å². The molecule has 2 aromatic carbocycles. The molecule has 0 amide bonds. The summed E-state index contributed by atoms with van der Waals surface area (Å²) in [7, 11) is 1.65. The molecule has 0 aromatic heterocycles. The molecule has 4 rings (SSSR count). The monoisotopic (exact) mass is 472 g/mol. The SMILES string of the molecule is COc1ccc(CO[C@H]2[C@H](O)[C@@H](Sc3ccc(C)cc3)[C@H](OC3CCCCC3)O[C@H]2C)cc1. The van der Waals surface area contributed by atoms with Crippen LogP contribution in [0.2, 0.25) is 0 Å². The fraction of sp³-hybridized carbons (Fsp3) is 0.556. The summed E-state index contributed by atoms with van der Waals surface area (Å²) >= 11 is 1.61. The van der Waals surface area contributed by atoms with Crippen molar-refractivity contribution in [2.75, 3.05) is 7.11 Å². The Morgan fingerprint density at radius 2 is 1.70 bits per heavy atom. The number of hydrogen-bond acceptors (Lipinski definition) is 6. The lowest BCUT2D eigenvalue weighted by Crippen LogP contribution is -2.57. The number of aliphatic hydroxyl groups excluding tert-OH is 1. The topological polar surface area (TPSA) is 57.2 Å². The number of rotatable bonds is 8. The minimum Gasteiger partial charge on any atom is -0.497 e. The van der Waals surface area contributed by atoms with Gasteiger partial charge in [0, 0.05) is 4.90 Å². The lowest BCUT2D eigenvalue weighted by Gasteiger charge is -2.44. The molecular formula is C27H36O5S. The molecule has 2 aliphatic rings. The van der Waals surface area contributed by atoms with E-state index in [4.69, 9.17) is 18.9 Å². The normalized spacial score (nSPS) is 28.5. The first-order valence-corrected chi connectivity index (χ1v) is 12.9. The molecule has 2 aromatic rings. The second kappa shape index (κ2) is 11.7. The summed E-state index contributed by atoms with van der Waals surface area (Å²) in [4.78, 5) is 1.09. The Kier molecular flexibility index (Phi) is 8.72. The maximum absolute atomic E-state index is 11.4. The van der Waals surface area contributed by atoms with Crippen molar-refractivity contribution in [1.82, 2.24) is 0 Å². The zero-order chi connectivity index (χ0) is 23.2. The summed E-state index contributed by atoms with van der Waals surface area (Å²) in [5, 5.41) is 11.2. The fourth-order valence-corrected chi connectivity index (χ4v) is 5.68. The Balaban J connectivity index is 1.47. The lowest BCUT2D eigenvalue weighted by molar-refractivity contribution is -0.266. The first kappa shape index (κ1) is 24.6. The molecule has 5 atom stereocenters. The summed E-state index contributed by atoms with van der Waals surface area (Å²) in [5.41, 5.74) is 2.24.